The number of hydrogen-bond donors (Lipinski definition) is 1. The molecular weight excluding hydrogens is 268 g/mol. The molecule has 21 heavy (non-hydrogen) atoms. The Morgan fingerprint density at radius 2 is 2.05 bits per heavy atom. The Kier molecular flexibility index (Phi) is 4.23. The van der Waals surface area contributed by atoms with Crippen LogP contribution in [-0.2, 0) is 7.05 Å². The van der Waals surface area contributed by atoms with Crippen LogP contribution >= 0.6 is 0 Å². The third-order valence-corrected chi connectivity index (χ3v) is 4.21. The molecule has 0 spiro atoms. The Morgan fingerprint density at radius 1 is 1.38 bits per heavy atom. The van der Waals surface area contributed by atoms with Gasteiger partial charge in [0.05, 0.1) is 6.10 Å². The highest BCUT2D eigenvalue weighted by Crippen LogP contribution is 2.28. The number of aromatic nitrogens is 1. The number of carbonyl (C=O) groups is 1. The van der Waals surface area contributed by atoms with E-state index in [0.717, 1.165) is 5.69 Å². The van der Waals surface area contributed by atoms with E-state index in [1.54, 1.807) is 24.1 Å². The van der Waals surface area contributed by atoms with E-state index >= 15 is 0 Å². The summed E-state index contributed by atoms with van der Waals surface area (Å²) in [7, 11) is 1.67. The molecule has 2 rings (SSSR count). The van der Waals surface area contributed by atoms with Gasteiger partial charge in [0.15, 0.2) is 0 Å². The van der Waals surface area contributed by atoms with Crippen molar-refractivity contribution in [1.82, 2.24) is 9.47 Å². The second-order valence-corrected chi connectivity index (χ2v) is 6.79. The summed E-state index contributed by atoms with van der Waals surface area (Å²) in [6.45, 7) is 6.95. The molecule has 1 atom stereocenters. The topological polar surface area (TPSA) is 62.5 Å². The summed E-state index contributed by atoms with van der Waals surface area (Å²) >= 11 is 0. The fourth-order valence-corrected chi connectivity index (χ4v) is 2.94. The number of nitrogens with zero attached hydrogens (tertiary/aromatic N) is 2. The van der Waals surface area contributed by atoms with Crippen LogP contribution in [0, 0.1) is 12.3 Å². The molecule has 1 aromatic heterocycles. The quantitative estimate of drug-likeness (QED) is 0.849. The summed E-state index contributed by atoms with van der Waals surface area (Å²) in [5, 5.41) is 9.93. The maximum atomic E-state index is 12.7. The minimum atomic E-state index is -0.390. The number of likely N-dealkylation sites (tertiary alicyclic amines) is 1. The molecule has 0 radical (unpaired) electrons. The highest BCUT2D eigenvalue weighted by Gasteiger charge is 2.32. The summed E-state index contributed by atoms with van der Waals surface area (Å²) in [5.74, 6) is -0.238. The van der Waals surface area contributed by atoms with Gasteiger partial charge in [0.2, 0.25) is 0 Å². The lowest BCUT2D eigenvalue weighted by Gasteiger charge is -2.29. The van der Waals surface area contributed by atoms with Crippen LogP contribution in [0.5, 0.6) is 0 Å². The molecule has 5 heteroatoms. The first-order chi connectivity index (χ1) is 9.71. The Balaban J connectivity index is 2.32. The zero-order valence-electron chi connectivity index (χ0n) is 13.2. The summed E-state index contributed by atoms with van der Waals surface area (Å²) in [4.78, 5) is 26.6. The van der Waals surface area contributed by atoms with E-state index in [0.29, 0.717) is 25.9 Å². The summed E-state index contributed by atoms with van der Waals surface area (Å²) in [5.41, 5.74) is 0.614. The van der Waals surface area contributed by atoms with E-state index in [9.17, 15) is 14.7 Å². The Morgan fingerprint density at radius 3 is 2.71 bits per heavy atom. The molecule has 0 aromatic carbocycles. The lowest BCUT2D eigenvalue weighted by molar-refractivity contribution is 0.0702. The second kappa shape index (κ2) is 5.64. The molecule has 1 amide bonds. The van der Waals surface area contributed by atoms with Crippen molar-refractivity contribution in [2.24, 2.45) is 12.5 Å². The first kappa shape index (κ1) is 15.8. The molecule has 5 nitrogen and oxygen atoms in total. The van der Waals surface area contributed by atoms with Crippen molar-refractivity contribution in [3.63, 3.8) is 0 Å². The van der Waals surface area contributed by atoms with Crippen LogP contribution < -0.4 is 5.56 Å². The van der Waals surface area contributed by atoms with Gasteiger partial charge in [-0.1, -0.05) is 13.8 Å². The lowest BCUT2D eigenvalue weighted by Crippen LogP contribution is -2.40. The third-order valence-electron chi connectivity index (χ3n) is 4.21. The lowest BCUT2D eigenvalue weighted by atomic mass is 9.87. The fourth-order valence-electron chi connectivity index (χ4n) is 2.94. The number of hydrogen-bond acceptors (Lipinski definition) is 3. The largest absolute Gasteiger partial charge is 0.393 e. The summed E-state index contributed by atoms with van der Waals surface area (Å²) in [6, 6.07) is 3.39. The number of carbonyl (C=O) groups excluding carboxylic acids is 1. The van der Waals surface area contributed by atoms with Gasteiger partial charge in [0.25, 0.3) is 11.5 Å². The summed E-state index contributed by atoms with van der Waals surface area (Å²) in [6.07, 6.45) is 0.836. The molecule has 1 aliphatic heterocycles. The summed E-state index contributed by atoms with van der Waals surface area (Å²) < 4.78 is 1.49. The first-order valence-corrected chi connectivity index (χ1v) is 7.35. The molecule has 0 bridgehead atoms. The molecule has 1 aromatic rings. The molecule has 1 saturated heterocycles. The number of aliphatic hydroxyl groups excluding tert-OH is 1. The van der Waals surface area contributed by atoms with E-state index in [2.05, 4.69) is 0 Å². The SMILES string of the molecule is Cc1ccc(C(=O)N2CCC(O)CC(C)(C)C2)c(=O)n1C. The number of amides is 1. The van der Waals surface area contributed by atoms with Crippen molar-refractivity contribution in [3.05, 3.63) is 33.7 Å². The Bertz CT molecular complexity index is 604. The zero-order valence-corrected chi connectivity index (χ0v) is 13.2. The van der Waals surface area contributed by atoms with Gasteiger partial charge in [-0.05, 0) is 37.3 Å². The van der Waals surface area contributed by atoms with Crippen molar-refractivity contribution >= 4 is 5.91 Å². The predicted molar refractivity (Wildman–Crippen MR) is 81.3 cm³/mol. The maximum absolute atomic E-state index is 12.7. The van der Waals surface area contributed by atoms with Crippen LogP contribution in [0.3, 0.4) is 0 Å². The van der Waals surface area contributed by atoms with Crippen LogP contribution in [0.2, 0.25) is 0 Å². The number of rotatable bonds is 1. The second-order valence-electron chi connectivity index (χ2n) is 6.79. The van der Waals surface area contributed by atoms with E-state index in [1.165, 1.54) is 4.57 Å². The van der Waals surface area contributed by atoms with Gasteiger partial charge in [-0.2, -0.15) is 0 Å². The van der Waals surface area contributed by atoms with E-state index < -0.39 is 6.10 Å². The number of aryl methyl sites for hydroxylation is 1. The molecule has 0 saturated carbocycles. The van der Waals surface area contributed by atoms with Crippen molar-refractivity contribution in [1.29, 1.82) is 0 Å². The van der Waals surface area contributed by atoms with Crippen molar-refractivity contribution in [2.75, 3.05) is 13.1 Å². The number of pyridine rings is 1. The minimum Gasteiger partial charge on any atom is -0.393 e. The molecule has 116 valence electrons. The van der Waals surface area contributed by atoms with Gasteiger partial charge in [-0.3, -0.25) is 9.59 Å². The minimum absolute atomic E-state index is 0.151. The predicted octanol–water partition coefficient (Wildman–Crippen LogP) is 1.32. The van der Waals surface area contributed by atoms with Gasteiger partial charge in [-0.25, -0.2) is 0 Å². The highest BCUT2D eigenvalue weighted by atomic mass is 16.3. The average Bonchev–Trinajstić information content (AvgIpc) is 2.53. The molecule has 1 N–H and O–H groups in total. The van der Waals surface area contributed by atoms with Crippen LogP contribution in [0.1, 0.15) is 42.7 Å². The standard InChI is InChI=1S/C16H24N2O3/c1-11-5-6-13(14(20)17(11)4)15(21)18-8-7-12(19)9-16(2,3)10-18/h5-6,12,19H,7-10H2,1-4H3. The maximum Gasteiger partial charge on any atom is 0.263 e. The first-order valence-electron chi connectivity index (χ1n) is 7.35. The Labute approximate surface area is 125 Å². The fraction of sp³-hybridized carbons (Fsp3) is 0.625. The van der Waals surface area contributed by atoms with E-state index in [-0.39, 0.29) is 22.4 Å². The monoisotopic (exact) mass is 292 g/mol. The van der Waals surface area contributed by atoms with Crippen LogP contribution in [-0.4, -0.2) is 39.7 Å². The van der Waals surface area contributed by atoms with Gasteiger partial charge in [-0.15, -0.1) is 0 Å². The van der Waals surface area contributed by atoms with Gasteiger partial charge >= 0.3 is 0 Å². The van der Waals surface area contributed by atoms with Crippen LogP contribution in [0.4, 0.5) is 0 Å². The molecule has 1 unspecified atom stereocenters. The van der Waals surface area contributed by atoms with E-state index in [1.807, 2.05) is 20.8 Å². The van der Waals surface area contributed by atoms with Crippen LogP contribution in [0.15, 0.2) is 16.9 Å². The Hall–Kier alpha value is -1.62. The normalized spacial score (nSPS) is 22.0. The van der Waals surface area contributed by atoms with E-state index in [4.69, 9.17) is 0 Å². The van der Waals surface area contributed by atoms with Crippen LogP contribution in [0.25, 0.3) is 0 Å². The number of aliphatic hydroxyl groups is 1. The van der Waals surface area contributed by atoms with Gasteiger partial charge in [0, 0.05) is 25.8 Å². The van der Waals surface area contributed by atoms with Crippen molar-refractivity contribution < 1.29 is 9.90 Å². The van der Waals surface area contributed by atoms with Gasteiger partial charge in [0.1, 0.15) is 5.56 Å². The molecule has 1 fully saturated rings. The molecule has 2 heterocycles. The smallest absolute Gasteiger partial charge is 0.263 e. The molecule has 0 aliphatic carbocycles. The van der Waals surface area contributed by atoms with Gasteiger partial charge < -0.3 is 14.6 Å². The third kappa shape index (κ3) is 3.35. The highest BCUT2D eigenvalue weighted by molar-refractivity contribution is 5.94. The average molecular weight is 292 g/mol. The van der Waals surface area contributed by atoms with Crippen molar-refractivity contribution in [3.8, 4) is 0 Å². The van der Waals surface area contributed by atoms with Crippen molar-refractivity contribution in [2.45, 2.75) is 39.7 Å². The zero-order chi connectivity index (χ0) is 15.8. The molecular formula is C16H24N2O3. The molecule has 1 aliphatic rings.